The third-order valence-electron chi connectivity index (χ3n) is 5.93. The van der Waals surface area contributed by atoms with Crippen LogP contribution in [0.4, 0.5) is 0 Å². The van der Waals surface area contributed by atoms with Crippen LogP contribution in [0, 0.1) is 0 Å². The van der Waals surface area contributed by atoms with Gasteiger partial charge in [-0.05, 0) is 30.9 Å². The predicted molar refractivity (Wildman–Crippen MR) is 109 cm³/mol. The Balaban J connectivity index is 1.39. The second kappa shape index (κ2) is 7.73. The molecule has 0 spiro atoms. The molecule has 1 aromatic rings. The summed E-state index contributed by atoms with van der Waals surface area (Å²) < 4.78 is 11.4. The fraction of sp³-hybridized carbons (Fsp3) is 0.579. The average molecular weight is 418 g/mol. The molecule has 11 heteroatoms. The van der Waals surface area contributed by atoms with E-state index < -0.39 is 18.6 Å². The molecular formula is C19H27BN4O6. The molecule has 10 nitrogen and oxygen atoms in total. The summed E-state index contributed by atoms with van der Waals surface area (Å²) in [4.78, 5) is 26.0. The maximum Gasteiger partial charge on any atom is 0.526 e. The summed E-state index contributed by atoms with van der Waals surface area (Å²) in [6.07, 6.45) is 0.563. The zero-order chi connectivity index (χ0) is 21.6. The normalized spacial score (nSPS) is 24.6. The molecule has 3 atom stereocenters. The van der Waals surface area contributed by atoms with Crippen LogP contribution >= 0.6 is 0 Å². The Morgan fingerprint density at radius 3 is 2.83 bits per heavy atom. The van der Waals surface area contributed by atoms with Gasteiger partial charge in [-0.2, -0.15) is 0 Å². The number of rotatable bonds is 8. The van der Waals surface area contributed by atoms with Crippen molar-refractivity contribution in [1.82, 2.24) is 10.2 Å². The highest BCUT2D eigenvalue weighted by Gasteiger charge is 2.54. The third-order valence-corrected chi connectivity index (χ3v) is 5.93. The van der Waals surface area contributed by atoms with Crippen LogP contribution in [0.5, 0.6) is 11.5 Å². The molecule has 1 unspecified atom stereocenters. The van der Waals surface area contributed by atoms with Gasteiger partial charge in [0.05, 0.1) is 0 Å². The molecule has 1 aliphatic carbocycles. The van der Waals surface area contributed by atoms with Crippen molar-refractivity contribution in [2.24, 2.45) is 11.5 Å². The molecular weight excluding hydrogens is 391 g/mol. The third kappa shape index (κ3) is 3.85. The Kier molecular flexibility index (Phi) is 5.39. The van der Waals surface area contributed by atoms with Gasteiger partial charge in [0.2, 0.25) is 5.91 Å². The van der Waals surface area contributed by atoms with Crippen LogP contribution in [-0.4, -0.2) is 78.4 Å². The zero-order valence-electron chi connectivity index (χ0n) is 16.8. The summed E-state index contributed by atoms with van der Waals surface area (Å²) >= 11 is 0. The lowest BCUT2D eigenvalue weighted by Gasteiger charge is -2.42. The van der Waals surface area contributed by atoms with Gasteiger partial charge >= 0.3 is 13.1 Å². The molecule has 162 valence electrons. The van der Waals surface area contributed by atoms with E-state index in [-0.39, 0.29) is 40.8 Å². The van der Waals surface area contributed by atoms with E-state index in [2.05, 4.69) is 5.32 Å². The number of hydrogen-bond donors (Lipinski definition) is 5. The topological polar surface area (TPSA) is 160 Å². The van der Waals surface area contributed by atoms with Crippen molar-refractivity contribution in [2.75, 3.05) is 32.7 Å². The molecule has 1 amide bonds. The van der Waals surface area contributed by atoms with E-state index in [4.69, 9.17) is 20.9 Å². The van der Waals surface area contributed by atoms with Crippen molar-refractivity contribution in [2.45, 2.75) is 36.7 Å². The van der Waals surface area contributed by atoms with Gasteiger partial charge in [-0.3, -0.25) is 9.69 Å². The molecule has 0 aromatic heterocycles. The van der Waals surface area contributed by atoms with E-state index in [9.17, 15) is 19.7 Å². The predicted octanol–water partition coefficient (Wildman–Crippen LogP) is -1.03. The smallest absolute Gasteiger partial charge is 0.526 e. The van der Waals surface area contributed by atoms with Crippen LogP contribution in [0.1, 0.15) is 35.2 Å². The average Bonchev–Trinajstić information content (AvgIpc) is 3.45. The quantitative estimate of drug-likeness (QED) is 0.333. The Morgan fingerprint density at radius 2 is 2.17 bits per heavy atom. The van der Waals surface area contributed by atoms with Crippen molar-refractivity contribution in [3.05, 3.63) is 23.3 Å². The van der Waals surface area contributed by atoms with E-state index in [0.29, 0.717) is 32.7 Å². The standard InChI is InChI=1S/C19H27BN4O6/c1-19(22,18(27)23-5-4-21)9-24-7-10(8-24)29-14-3-2-11-12-6-13(12)20(28)30-16(11)15(14)17(25)26/h2-3,10,12-13,28H,4-9,21-22H2,1H3,(H,23,27)(H,25,26)/t12-,13-,19?/m0/s1. The minimum absolute atomic E-state index is 0.0405. The van der Waals surface area contributed by atoms with Crippen molar-refractivity contribution >= 4 is 19.0 Å². The highest BCUT2D eigenvalue weighted by atomic mass is 16.5. The minimum atomic E-state index is -1.16. The molecule has 4 rings (SSSR count). The number of hydrogen-bond acceptors (Lipinski definition) is 8. The van der Waals surface area contributed by atoms with Gasteiger partial charge in [0, 0.05) is 38.5 Å². The molecule has 3 aliphatic rings. The molecule has 0 bridgehead atoms. The SMILES string of the molecule is CC(N)(CN1CC(Oc2ccc3c(c2C(=O)O)OB(O)[C@H]2C[C@@H]32)C1)C(=O)NCCN. The molecule has 1 saturated carbocycles. The van der Waals surface area contributed by atoms with Gasteiger partial charge in [-0.25, -0.2) is 4.79 Å². The second-order valence-corrected chi connectivity index (χ2v) is 8.57. The van der Waals surface area contributed by atoms with Crippen LogP contribution in [0.25, 0.3) is 0 Å². The molecule has 1 saturated heterocycles. The van der Waals surface area contributed by atoms with Crippen molar-refractivity contribution in [3.8, 4) is 11.5 Å². The molecule has 2 fully saturated rings. The molecule has 2 aliphatic heterocycles. The molecule has 2 heterocycles. The summed E-state index contributed by atoms with van der Waals surface area (Å²) in [7, 11) is -0.984. The van der Waals surface area contributed by atoms with Gasteiger partial charge in [0.25, 0.3) is 0 Å². The lowest BCUT2D eigenvalue weighted by molar-refractivity contribution is -0.127. The van der Waals surface area contributed by atoms with E-state index in [1.165, 1.54) is 0 Å². The number of carboxylic acid groups (broad SMARTS) is 1. The van der Waals surface area contributed by atoms with Crippen LogP contribution in [0.3, 0.4) is 0 Å². The number of carboxylic acids is 1. The first-order chi connectivity index (χ1) is 14.2. The van der Waals surface area contributed by atoms with Crippen LogP contribution < -0.4 is 26.2 Å². The highest BCUT2D eigenvalue weighted by Crippen LogP contribution is 2.60. The monoisotopic (exact) mass is 418 g/mol. The van der Waals surface area contributed by atoms with E-state index >= 15 is 0 Å². The van der Waals surface area contributed by atoms with Gasteiger partial charge in [0.1, 0.15) is 28.7 Å². The number of benzene rings is 1. The van der Waals surface area contributed by atoms with Crippen molar-refractivity contribution < 1.29 is 29.1 Å². The van der Waals surface area contributed by atoms with Crippen molar-refractivity contribution in [3.63, 3.8) is 0 Å². The second-order valence-electron chi connectivity index (χ2n) is 8.57. The van der Waals surface area contributed by atoms with Crippen molar-refractivity contribution in [1.29, 1.82) is 0 Å². The van der Waals surface area contributed by atoms with Gasteiger partial charge in [0.15, 0.2) is 0 Å². The Bertz CT molecular complexity index is 860. The fourth-order valence-corrected chi connectivity index (χ4v) is 4.23. The zero-order valence-corrected chi connectivity index (χ0v) is 16.8. The maximum absolute atomic E-state index is 12.1. The molecule has 30 heavy (non-hydrogen) atoms. The van der Waals surface area contributed by atoms with Gasteiger partial charge < -0.3 is 36.3 Å². The number of aromatic carboxylic acids is 1. The Morgan fingerprint density at radius 1 is 1.43 bits per heavy atom. The first kappa shape index (κ1) is 20.9. The van der Waals surface area contributed by atoms with Crippen LogP contribution in [0.2, 0.25) is 5.82 Å². The summed E-state index contributed by atoms with van der Waals surface area (Å²) in [5.41, 5.74) is 11.2. The summed E-state index contributed by atoms with van der Waals surface area (Å²) in [5.74, 6) is -0.826. The van der Waals surface area contributed by atoms with E-state index in [1.807, 2.05) is 11.0 Å². The summed E-state index contributed by atoms with van der Waals surface area (Å²) in [5, 5.41) is 22.4. The minimum Gasteiger partial charge on any atom is -0.535 e. The van der Waals surface area contributed by atoms with Gasteiger partial charge in [-0.15, -0.1) is 0 Å². The highest BCUT2D eigenvalue weighted by molar-refractivity contribution is 6.48. The fourth-order valence-electron chi connectivity index (χ4n) is 4.23. The molecule has 0 radical (unpaired) electrons. The first-order valence-corrected chi connectivity index (χ1v) is 10.1. The lowest BCUT2D eigenvalue weighted by Crippen LogP contribution is -2.64. The summed E-state index contributed by atoms with van der Waals surface area (Å²) in [6, 6.07) is 3.48. The number of fused-ring (bicyclic) bond motifs is 3. The summed E-state index contributed by atoms with van der Waals surface area (Å²) in [6.45, 7) is 3.75. The molecule has 7 N–H and O–H groups in total. The number of carbonyl (C=O) groups is 2. The number of nitrogens with one attached hydrogen (secondary N) is 1. The largest absolute Gasteiger partial charge is 0.535 e. The Hall–Kier alpha value is -2.34. The maximum atomic E-state index is 12.1. The number of nitrogens with two attached hydrogens (primary N) is 2. The Labute approximate surface area is 174 Å². The number of amides is 1. The number of carbonyl (C=O) groups excluding carboxylic acids is 1. The van der Waals surface area contributed by atoms with Gasteiger partial charge in [-0.1, -0.05) is 6.07 Å². The van der Waals surface area contributed by atoms with Crippen LogP contribution in [0.15, 0.2) is 12.1 Å². The number of ether oxygens (including phenoxy) is 1. The lowest BCUT2D eigenvalue weighted by atomic mass is 9.77. The van der Waals surface area contributed by atoms with Crippen LogP contribution in [-0.2, 0) is 4.79 Å². The first-order valence-electron chi connectivity index (χ1n) is 10.1. The molecule has 1 aromatic carbocycles. The number of nitrogens with zero attached hydrogens (tertiary/aromatic N) is 1. The van der Waals surface area contributed by atoms with E-state index in [1.54, 1.807) is 13.0 Å². The number of likely N-dealkylation sites (tertiary alicyclic amines) is 1. The van der Waals surface area contributed by atoms with E-state index in [0.717, 1.165) is 12.0 Å².